The van der Waals surface area contributed by atoms with E-state index >= 15 is 0 Å². The molecular formula is C16H23IN4O3S. The van der Waals surface area contributed by atoms with Crippen molar-refractivity contribution in [3.63, 3.8) is 0 Å². The van der Waals surface area contributed by atoms with E-state index in [1.54, 1.807) is 20.2 Å². The first-order chi connectivity index (χ1) is 11.5. The van der Waals surface area contributed by atoms with Crippen molar-refractivity contribution < 1.29 is 13.9 Å². The summed E-state index contributed by atoms with van der Waals surface area (Å²) in [4.78, 5) is 21.1. The molecule has 0 aromatic carbocycles. The van der Waals surface area contributed by atoms with Crippen molar-refractivity contribution in [1.29, 1.82) is 0 Å². The van der Waals surface area contributed by atoms with Crippen LogP contribution in [0.3, 0.4) is 0 Å². The minimum Gasteiger partial charge on any atom is -0.467 e. The van der Waals surface area contributed by atoms with E-state index in [2.05, 4.69) is 20.6 Å². The zero-order chi connectivity index (χ0) is 17.5. The number of esters is 1. The minimum atomic E-state index is -0.328. The van der Waals surface area contributed by atoms with Gasteiger partial charge in [0.05, 0.1) is 31.2 Å². The quantitative estimate of drug-likeness (QED) is 0.287. The molecule has 0 spiro atoms. The van der Waals surface area contributed by atoms with Gasteiger partial charge in [-0.05, 0) is 32.9 Å². The van der Waals surface area contributed by atoms with Gasteiger partial charge in [-0.15, -0.1) is 35.3 Å². The number of aromatic nitrogens is 1. The Hall–Kier alpha value is -1.62. The van der Waals surface area contributed by atoms with Crippen molar-refractivity contribution in [3.05, 3.63) is 39.7 Å². The smallest absolute Gasteiger partial charge is 0.350 e. The van der Waals surface area contributed by atoms with Crippen LogP contribution in [0.4, 0.5) is 0 Å². The summed E-state index contributed by atoms with van der Waals surface area (Å²) in [6.07, 6.45) is 1.63. The van der Waals surface area contributed by atoms with Crippen molar-refractivity contribution in [2.45, 2.75) is 33.4 Å². The number of rotatable bonds is 6. The second-order valence-corrected chi connectivity index (χ2v) is 6.09. The minimum absolute atomic E-state index is 0. The van der Waals surface area contributed by atoms with Gasteiger partial charge in [-0.25, -0.2) is 9.78 Å². The van der Waals surface area contributed by atoms with Crippen molar-refractivity contribution in [2.75, 3.05) is 13.7 Å². The van der Waals surface area contributed by atoms with Gasteiger partial charge >= 0.3 is 5.97 Å². The third kappa shape index (κ3) is 5.99. The molecule has 1 unspecified atom stereocenters. The summed E-state index contributed by atoms with van der Waals surface area (Å²) >= 11 is 1.33. The first-order valence-electron chi connectivity index (χ1n) is 7.69. The number of halogens is 1. The van der Waals surface area contributed by atoms with Gasteiger partial charge in [-0.2, -0.15) is 0 Å². The maximum Gasteiger partial charge on any atom is 0.350 e. The number of ether oxygens (including phenoxy) is 1. The third-order valence-corrected chi connectivity index (χ3v) is 4.55. The number of carbonyl (C=O) groups excluding carboxylic acids is 1. The highest BCUT2D eigenvalue weighted by Gasteiger charge is 2.20. The van der Waals surface area contributed by atoms with Crippen LogP contribution in [0.15, 0.2) is 27.8 Å². The molecule has 0 amide bonds. The molecule has 7 nitrogen and oxygen atoms in total. The summed E-state index contributed by atoms with van der Waals surface area (Å²) in [6, 6.07) is 3.63. The Bertz CT molecular complexity index is 700. The first-order valence-corrected chi connectivity index (χ1v) is 8.50. The third-order valence-electron chi connectivity index (χ3n) is 3.23. The number of nitrogens with one attached hydrogen (secondary N) is 2. The SMILES string of the molecule is CCOC(=O)c1sc(C(C)NC(=NC)NCc2ccco2)nc1C.I. The van der Waals surface area contributed by atoms with Gasteiger partial charge < -0.3 is 19.8 Å². The standard InChI is InChI=1S/C16H22N4O3S.HI/c1-5-22-15(21)13-10(2)19-14(24-13)11(3)20-16(17-4)18-9-12-7-6-8-23-12;/h6-8,11H,5,9H2,1-4H3,(H2,17,18,20);1H. The fourth-order valence-corrected chi connectivity index (χ4v) is 3.00. The predicted molar refractivity (Wildman–Crippen MR) is 109 cm³/mol. The second-order valence-electron chi connectivity index (χ2n) is 5.06. The number of thiazole rings is 1. The lowest BCUT2D eigenvalue weighted by atomic mass is 10.3. The molecule has 0 fully saturated rings. The molecular weight excluding hydrogens is 455 g/mol. The number of hydrogen-bond donors (Lipinski definition) is 2. The molecule has 25 heavy (non-hydrogen) atoms. The number of nitrogens with zero attached hydrogens (tertiary/aromatic N) is 2. The molecule has 2 rings (SSSR count). The van der Waals surface area contributed by atoms with Gasteiger partial charge in [-0.1, -0.05) is 0 Å². The monoisotopic (exact) mass is 478 g/mol. The van der Waals surface area contributed by atoms with Gasteiger partial charge in [-0.3, -0.25) is 4.99 Å². The van der Waals surface area contributed by atoms with E-state index < -0.39 is 0 Å². The van der Waals surface area contributed by atoms with Crippen molar-refractivity contribution >= 4 is 47.2 Å². The Balaban J connectivity index is 0.00000312. The highest BCUT2D eigenvalue weighted by atomic mass is 127. The fourth-order valence-electron chi connectivity index (χ4n) is 2.03. The lowest BCUT2D eigenvalue weighted by molar-refractivity contribution is 0.0531. The van der Waals surface area contributed by atoms with Crippen LogP contribution in [0, 0.1) is 6.92 Å². The number of carbonyl (C=O) groups is 1. The molecule has 9 heteroatoms. The van der Waals surface area contributed by atoms with Crippen LogP contribution in [-0.2, 0) is 11.3 Å². The van der Waals surface area contributed by atoms with Gasteiger partial charge in [0, 0.05) is 7.05 Å². The van der Waals surface area contributed by atoms with Gasteiger partial charge in [0.25, 0.3) is 0 Å². The van der Waals surface area contributed by atoms with Crippen LogP contribution in [-0.4, -0.2) is 30.6 Å². The number of hydrogen-bond acceptors (Lipinski definition) is 6. The zero-order valence-electron chi connectivity index (χ0n) is 14.7. The highest BCUT2D eigenvalue weighted by Crippen LogP contribution is 2.24. The van der Waals surface area contributed by atoms with Gasteiger partial charge in [0.2, 0.25) is 0 Å². The Morgan fingerprint density at radius 3 is 2.88 bits per heavy atom. The Labute approximate surface area is 168 Å². The Kier molecular flexibility index (Phi) is 8.90. The molecule has 2 aromatic rings. The molecule has 0 aliphatic rings. The van der Waals surface area contributed by atoms with Crippen LogP contribution in [0.5, 0.6) is 0 Å². The van der Waals surface area contributed by atoms with Gasteiger partial charge in [0.1, 0.15) is 15.6 Å². The largest absolute Gasteiger partial charge is 0.467 e. The van der Waals surface area contributed by atoms with Crippen molar-refractivity contribution in [3.8, 4) is 0 Å². The van der Waals surface area contributed by atoms with Crippen LogP contribution in [0.2, 0.25) is 0 Å². The van der Waals surface area contributed by atoms with Crippen molar-refractivity contribution in [1.82, 2.24) is 15.6 Å². The zero-order valence-corrected chi connectivity index (χ0v) is 17.8. The summed E-state index contributed by atoms with van der Waals surface area (Å²) in [5, 5.41) is 7.22. The van der Waals surface area contributed by atoms with Gasteiger partial charge in [0.15, 0.2) is 5.96 Å². The molecule has 0 aliphatic heterocycles. The van der Waals surface area contributed by atoms with E-state index in [4.69, 9.17) is 9.15 Å². The number of aryl methyl sites for hydroxylation is 1. The molecule has 2 heterocycles. The molecule has 0 aliphatic carbocycles. The second kappa shape index (κ2) is 10.4. The maximum atomic E-state index is 11.9. The number of guanidine groups is 1. The Morgan fingerprint density at radius 1 is 1.52 bits per heavy atom. The number of aliphatic imine (C=N–C) groups is 1. The van der Waals surface area contributed by atoms with Crippen molar-refractivity contribution in [2.24, 2.45) is 4.99 Å². The van der Waals surface area contributed by atoms with E-state index in [1.165, 1.54) is 11.3 Å². The molecule has 0 saturated heterocycles. The molecule has 2 N–H and O–H groups in total. The number of furan rings is 1. The normalized spacial score (nSPS) is 12.2. The average Bonchev–Trinajstić information content (AvgIpc) is 3.20. The first kappa shape index (κ1) is 21.4. The van der Waals surface area contributed by atoms with Crippen LogP contribution in [0.25, 0.3) is 0 Å². The van der Waals surface area contributed by atoms with E-state index in [1.807, 2.05) is 26.0 Å². The summed E-state index contributed by atoms with van der Waals surface area (Å²) in [7, 11) is 1.70. The molecule has 138 valence electrons. The summed E-state index contributed by atoms with van der Waals surface area (Å²) in [5.41, 5.74) is 0.681. The lowest BCUT2D eigenvalue weighted by Crippen LogP contribution is -2.38. The fraction of sp³-hybridized carbons (Fsp3) is 0.438. The molecule has 0 bridgehead atoms. The molecule has 2 aromatic heterocycles. The van der Waals surface area contributed by atoms with E-state index in [0.717, 1.165) is 10.8 Å². The average molecular weight is 478 g/mol. The topological polar surface area (TPSA) is 88.8 Å². The summed E-state index contributed by atoms with van der Waals surface area (Å²) in [5.74, 6) is 1.12. The molecule has 0 radical (unpaired) electrons. The molecule has 1 atom stereocenters. The predicted octanol–water partition coefficient (Wildman–Crippen LogP) is 3.27. The molecule has 0 saturated carbocycles. The summed E-state index contributed by atoms with van der Waals surface area (Å²) < 4.78 is 10.3. The highest BCUT2D eigenvalue weighted by molar-refractivity contribution is 14.0. The Morgan fingerprint density at radius 2 is 2.28 bits per heavy atom. The van der Waals surface area contributed by atoms with E-state index in [0.29, 0.717) is 29.7 Å². The van der Waals surface area contributed by atoms with Crippen LogP contribution in [0.1, 0.15) is 46.0 Å². The van der Waals surface area contributed by atoms with Crippen LogP contribution >= 0.6 is 35.3 Å². The lowest BCUT2D eigenvalue weighted by Gasteiger charge is -2.15. The maximum absolute atomic E-state index is 11.9. The van der Waals surface area contributed by atoms with E-state index in [-0.39, 0.29) is 36.0 Å². The van der Waals surface area contributed by atoms with Crippen LogP contribution < -0.4 is 10.6 Å². The van der Waals surface area contributed by atoms with E-state index in [9.17, 15) is 4.79 Å². The summed E-state index contributed by atoms with van der Waals surface area (Å²) in [6.45, 7) is 6.44.